The summed E-state index contributed by atoms with van der Waals surface area (Å²) in [6.07, 6.45) is 5.38. The average Bonchev–Trinajstić information content (AvgIpc) is 2.74. The first-order chi connectivity index (χ1) is 14.4. The van der Waals surface area contributed by atoms with E-state index in [0.717, 1.165) is 4.57 Å². The number of rotatable bonds is 8. The monoisotopic (exact) mass is 477 g/mol. The summed E-state index contributed by atoms with van der Waals surface area (Å²) < 4.78 is 36.2. The zero-order valence-corrected chi connectivity index (χ0v) is 17.7. The maximum Gasteiger partial charge on any atom is 0.287 e. The summed E-state index contributed by atoms with van der Waals surface area (Å²) in [6, 6.07) is 4.32. The number of Topliss-reactive ketones (excluding diaryl/α,β-unsaturated/α-hetero) is 1. The van der Waals surface area contributed by atoms with Crippen LogP contribution in [0.4, 0.5) is 8.78 Å². The number of carbonyl (C=O) groups is 1. The van der Waals surface area contributed by atoms with Gasteiger partial charge in [0.25, 0.3) is 5.56 Å². The highest BCUT2D eigenvalue weighted by molar-refractivity contribution is 9.10. The second-order valence-electron chi connectivity index (χ2n) is 6.44. The molecule has 0 bridgehead atoms. The van der Waals surface area contributed by atoms with E-state index >= 15 is 4.39 Å². The Hall–Kier alpha value is -2.78. The van der Waals surface area contributed by atoms with Gasteiger partial charge >= 0.3 is 0 Å². The maximum atomic E-state index is 15.1. The van der Waals surface area contributed by atoms with Crippen molar-refractivity contribution in [1.29, 1.82) is 0 Å². The summed E-state index contributed by atoms with van der Waals surface area (Å²) in [5.41, 5.74) is -0.545. The van der Waals surface area contributed by atoms with Gasteiger partial charge in [-0.05, 0) is 24.6 Å². The van der Waals surface area contributed by atoms with Crippen LogP contribution in [0.15, 0.2) is 52.3 Å². The van der Waals surface area contributed by atoms with E-state index in [4.69, 9.17) is 4.74 Å². The predicted molar refractivity (Wildman–Crippen MR) is 110 cm³/mol. The molecule has 1 aromatic carbocycles. The summed E-state index contributed by atoms with van der Waals surface area (Å²) in [5.74, 6) is -2.18. The van der Waals surface area contributed by atoms with Crippen molar-refractivity contribution in [2.45, 2.75) is 19.9 Å². The molecule has 156 valence electrons. The third-order valence-electron chi connectivity index (χ3n) is 4.39. The number of aromatic nitrogens is 3. The Morgan fingerprint density at radius 3 is 2.73 bits per heavy atom. The first-order valence-corrected chi connectivity index (χ1v) is 9.91. The minimum absolute atomic E-state index is 0.0354. The first-order valence-electron chi connectivity index (χ1n) is 9.12. The number of nitrogens with zero attached hydrogens (tertiary/aromatic N) is 3. The van der Waals surface area contributed by atoms with Crippen LogP contribution in [0.3, 0.4) is 0 Å². The van der Waals surface area contributed by atoms with Crippen molar-refractivity contribution in [1.82, 2.24) is 14.5 Å². The fourth-order valence-corrected chi connectivity index (χ4v) is 3.24. The van der Waals surface area contributed by atoms with E-state index < -0.39 is 23.0 Å². The lowest BCUT2D eigenvalue weighted by atomic mass is 9.98. The number of benzene rings is 1. The van der Waals surface area contributed by atoms with E-state index in [-0.39, 0.29) is 36.3 Å². The standard InChI is InChI=1S/C21H18BrF2N3O3/c1-2-30-12-19(28)17-11-27(10-15-9-25-5-6-26-15)21(29)20(24)16(17)7-13-3-4-14(22)8-18(13)23/h3-6,8-9,11H,2,7,10,12H2,1H3. The van der Waals surface area contributed by atoms with Crippen LogP contribution in [0.2, 0.25) is 0 Å². The smallest absolute Gasteiger partial charge is 0.287 e. The molecule has 2 aromatic heterocycles. The van der Waals surface area contributed by atoms with E-state index in [9.17, 15) is 14.0 Å². The molecule has 0 aliphatic carbocycles. The highest BCUT2D eigenvalue weighted by Gasteiger charge is 2.22. The van der Waals surface area contributed by atoms with E-state index in [1.807, 2.05) is 0 Å². The van der Waals surface area contributed by atoms with Crippen LogP contribution in [-0.2, 0) is 17.7 Å². The molecule has 0 spiro atoms. The Kier molecular flexibility index (Phi) is 7.17. The molecule has 30 heavy (non-hydrogen) atoms. The van der Waals surface area contributed by atoms with Crippen LogP contribution in [0.5, 0.6) is 0 Å². The summed E-state index contributed by atoms with van der Waals surface area (Å²) in [7, 11) is 0. The van der Waals surface area contributed by atoms with Gasteiger partial charge in [0, 0.05) is 47.2 Å². The van der Waals surface area contributed by atoms with E-state index in [1.165, 1.54) is 36.9 Å². The van der Waals surface area contributed by atoms with Gasteiger partial charge < -0.3 is 9.30 Å². The highest BCUT2D eigenvalue weighted by Crippen LogP contribution is 2.22. The van der Waals surface area contributed by atoms with Crippen molar-refractivity contribution < 1.29 is 18.3 Å². The molecule has 0 N–H and O–H groups in total. The van der Waals surface area contributed by atoms with Gasteiger partial charge in [-0.25, -0.2) is 8.78 Å². The van der Waals surface area contributed by atoms with E-state index in [0.29, 0.717) is 16.8 Å². The molecular formula is C21H18BrF2N3O3. The minimum Gasteiger partial charge on any atom is -0.374 e. The second-order valence-corrected chi connectivity index (χ2v) is 7.35. The number of pyridine rings is 1. The SMILES string of the molecule is CCOCC(=O)c1cn(Cc2cnccn2)c(=O)c(F)c1Cc1ccc(Br)cc1F. The third-order valence-corrected chi connectivity index (χ3v) is 4.89. The van der Waals surface area contributed by atoms with Gasteiger partial charge in [0.05, 0.1) is 18.4 Å². The molecule has 0 fully saturated rings. The topological polar surface area (TPSA) is 74.1 Å². The van der Waals surface area contributed by atoms with Crippen molar-refractivity contribution in [3.63, 3.8) is 0 Å². The summed E-state index contributed by atoms with van der Waals surface area (Å²) in [4.78, 5) is 33.3. The average molecular weight is 478 g/mol. The lowest BCUT2D eigenvalue weighted by Crippen LogP contribution is -2.29. The van der Waals surface area contributed by atoms with Gasteiger partial charge in [0.15, 0.2) is 11.6 Å². The van der Waals surface area contributed by atoms with Gasteiger partial charge in [-0.1, -0.05) is 22.0 Å². The van der Waals surface area contributed by atoms with Crippen LogP contribution in [0.25, 0.3) is 0 Å². The molecule has 0 amide bonds. The first kappa shape index (κ1) is 21.9. The van der Waals surface area contributed by atoms with Crippen molar-refractivity contribution in [3.05, 3.63) is 91.8 Å². The van der Waals surface area contributed by atoms with Gasteiger partial charge in [-0.2, -0.15) is 0 Å². The normalized spacial score (nSPS) is 10.9. The van der Waals surface area contributed by atoms with Crippen LogP contribution < -0.4 is 5.56 Å². The Bertz CT molecular complexity index is 1120. The molecule has 0 aliphatic heterocycles. The number of ether oxygens (including phenoxy) is 1. The lowest BCUT2D eigenvalue weighted by molar-refractivity contribution is 0.0781. The molecular weight excluding hydrogens is 460 g/mol. The summed E-state index contributed by atoms with van der Waals surface area (Å²) >= 11 is 3.17. The van der Waals surface area contributed by atoms with Crippen LogP contribution in [0, 0.1) is 11.6 Å². The Morgan fingerprint density at radius 2 is 2.07 bits per heavy atom. The number of hydrogen-bond donors (Lipinski definition) is 0. The number of ketones is 1. The largest absolute Gasteiger partial charge is 0.374 e. The molecule has 9 heteroatoms. The molecule has 0 saturated heterocycles. The lowest BCUT2D eigenvalue weighted by Gasteiger charge is -2.14. The van der Waals surface area contributed by atoms with Crippen LogP contribution in [-0.4, -0.2) is 33.5 Å². The number of carbonyl (C=O) groups excluding carboxylic acids is 1. The van der Waals surface area contributed by atoms with Gasteiger partial charge in [-0.15, -0.1) is 0 Å². The quantitative estimate of drug-likeness (QED) is 0.464. The van der Waals surface area contributed by atoms with E-state index in [2.05, 4.69) is 25.9 Å². The minimum atomic E-state index is -1.11. The number of halogens is 3. The highest BCUT2D eigenvalue weighted by atomic mass is 79.9. The second kappa shape index (κ2) is 9.82. The fraction of sp³-hybridized carbons (Fsp3) is 0.238. The third kappa shape index (κ3) is 5.03. The predicted octanol–water partition coefficient (Wildman–Crippen LogP) is 3.54. The molecule has 2 heterocycles. The number of hydrogen-bond acceptors (Lipinski definition) is 5. The molecule has 3 rings (SSSR count). The molecule has 0 radical (unpaired) electrons. The fourth-order valence-electron chi connectivity index (χ4n) is 2.91. The summed E-state index contributed by atoms with van der Waals surface area (Å²) in [6.45, 7) is 1.67. The Balaban J connectivity index is 2.08. The van der Waals surface area contributed by atoms with Gasteiger partial charge in [0.2, 0.25) is 0 Å². The zero-order chi connectivity index (χ0) is 21.7. The van der Waals surface area contributed by atoms with Crippen molar-refractivity contribution in [3.8, 4) is 0 Å². The molecule has 0 aliphatic rings. The Labute approximate surface area is 179 Å². The van der Waals surface area contributed by atoms with Gasteiger partial charge in [-0.3, -0.25) is 19.6 Å². The maximum absolute atomic E-state index is 15.1. The molecule has 0 unspecified atom stereocenters. The molecule has 6 nitrogen and oxygen atoms in total. The molecule has 3 aromatic rings. The zero-order valence-electron chi connectivity index (χ0n) is 16.1. The van der Waals surface area contributed by atoms with Crippen LogP contribution >= 0.6 is 15.9 Å². The van der Waals surface area contributed by atoms with Crippen LogP contribution in [0.1, 0.15) is 34.1 Å². The van der Waals surface area contributed by atoms with E-state index in [1.54, 1.807) is 13.0 Å². The molecule has 0 saturated carbocycles. The molecule has 0 atom stereocenters. The summed E-state index contributed by atoms with van der Waals surface area (Å²) in [5, 5.41) is 0. The van der Waals surface area contributed by atoms with Crippen molar-refractivity contribution >= 4 is 21.7 Å². The van der Waals surface area contributed by atoms with Crippen molar-refractivity contribution in [2.24, 2.45) is 0 Å². The van der Waals surface area contributed by atoms with Gasteiger partial charge in [0.1, 0.15) is 12.4 Å². The Morgan fingerprint density at radius 1 is 1.27 bits per heavy atom. The van der Waals surface area contributed by atoms with Crippen molar-refractivity contribution in [2.75, 3.05) is 13.2 Å².